The van der Waals surface area contributed by atoms with E-state index in [4.69, 9.17) is 9.47 Å². The lowest BCUT2D eigenvalue weighted by Gasteiger charge is -2.23. The van der Waals surface area contributed by atoms with Gasteiger partial charge in [-0.25, -0.2) is 0 Å². The third kappa shape index (κ3) is 4.40. The van der Waals surface area contributed by atoms with Crippen LogP contribution in [-0.4, -0.2) is 34.4 Å². The van der Waals surface area contributed by atoms with Crippen molar-refractivity contribution < 1.29 is 14.6 Å². The van der Waals surface area contributed by atoms with Crippen molar-refractivity contribution in [1.29, 1.82) is 0 Å². The molecule has 1 atom stereocenters. The summed E-state index contributed by atoms with van der Waals surface area (Å²) in [4.78, 5) is 0. The van der Waals surface area contributed by atoms with Gasteiger partial charge in [0.2, 0.25) is 0 Å². The minimum absolute atomic E-state index is 0.0750. The Kier molecular flexibility index (Phi) is 5.22. The first-order chi connectivity index (χ1) is 8.97. The van der Waals surface area contributed by atoms with Crippen LogP contribution in [0, 0.1) is 3.70 Å². The van der Waals surface area contributed by atoms with E-state index in [-0.39, 0.29) is 6.29 Å². The molecule has 1 aliphatic rings. The molecule has 0 spiro atoms. The minimum atomic E-state index is -0.891. The monoisotopic (exact) mass is 380 g/mol. The highest BCUT2D eigenvalue weighted by molar-refractivity contribution is 14.1. The van der Waals surface area contributed by atoms with Gasteiger partial charge in [0, 0.05) is 6.61 Å². The number of halogens is 1. The molecule has 1 fully saturated rings. The molecule has 0 aromatic carbocycles. The van der Waals surface area contributed by atoms with E-state index < -0.39 is 5.60 Å². The van der Waals surface area contributed by atoms with E-state index in [1.165, 1.54) is 6.42 Å². The minimum Gasteiger partial charge on any atom is -0.384 e. The normalized spacial score (nSPS) is 20.7. The second-order valence-electron chi connectivity index (χ2n) is 5.30. The number of ether oxygens (including phenoxy) is 2. The van der Waals surface area contributed by atoms with Gasteiger partial charge < -0.3 is 14.6 Å². The lowest BCUT2D eigenvalue weighted by atomic mass is 10.1. The second kappa shape index (κ2) is 6.51. The van der Waals surface area contributed by atoms with Crippen LogP contribution in [0.4, 0.5) is 0 Å². The van der Waals surface area contributed by atoms with Crippen molar-refractivity contribution in [2.45, 2.75) is 51.5 Å². The summed E-state index contributed by atoms with van der Waals surface area (Å²) in [6.45, 7) is 5.50. The Morgan fingerprint density at radius 3 is 3.00 bits per heavy atom. The number of hydrogen-bond donors (Lipinski definition) is 1. The van der Waals surface area contributed by atoms with Crippen LogP contribution in [0.2, 0.25) is 0 Å². The number of nitrogens with zero attached hydrogens (tertiary/aromatic N) is 2. The topological polar surface area (TPSA) is 56.5 Å². The molecule has 108 valence electrons. The molecule has 0 saturated carbocycles. The molecule has 1 aromatic rings. The number of hydrogen-bond acceptors (Lipinski definition) is 4. The lowest BCUT2D eigenvalue weighted by Crippen LogP contribution is -2.26. The highest BCUT2D eigenvalue weighted by Crippen LogP contribution is 2.21. The molecule has 0 radical (unpaired) electrons. The highest BCUT2D eigenvalue weighted by atomic mass is 127. The zero-order valence-corrected chi connectivity index (χ0v) is 13.6. The first-order valence-electron chi connectivity index (χ1n) is 6.66. The van der Waals surface area contributed by atoms with Gasteiger partial charge in [-0.1, -0.05) is 0 Å². The van der Waals surface area contributed by atoms with Gasteiger partial charge in [0.1, 0.15) is 9.30 Å². The Labute approximate surface area is 127 Å². The fourth-order valence-electron chi connectivity index (χ4n) is 2.16. The van der Waals surface area contributed by atoms with Gasteiger partial charge >= 0.3 is 0 Å². The van der Waals surface area contributed by atoms with Gasteiger partial charge in [-0.2, -0.15) is 5.10 Å². The van der Waals surface area contributed by atoms with Crippen LogP contribution < -0.4 is 0 Å². The zero-order chi connectivity index (χ0) is 13.9. The fourth-order valence-corrected chi connectivity index (χ4v) is 2.72. The number of aliphatic hydroxyl groups is 1. The molecule has 1 unspecified atom stereocenters. The zero-order valence-electron chi connectivity index (χ0n) is 11.4. The van der Waals surface area contributed by atoms with Crippen LogP contribution in [-0.2, 0) is 21.6 Å². The van der Waals surface area contributed by atoms with Crippen molar-refractivity contribution in [2.75, 3.05) is 13.2 Å². The number of rotatable bonds is 5. The van der Waals surface area contributed by atoms with Crippen molar-refractivity contribution in [1.82, 2.24) is 9.78 Å². The maximum absolute atomic E-state index is 10.1. The van der Waals surface area contributed by atoms with E-state index in [2.05, 4.69) is 27.7 Å². The summed E-state index contributed by atoms with van der Waals surface area (Å²) >= 11 is 2.15. The van der Waals surface area contributed by atoms with Crippen molar-refractivity contribution in [3.8, 4) is 0 Å². The van der Waals surface area contributed by atoms with E-state index in [0.717, 1.165) is 28.8 Å². The Balaban J connectivity index is 1.88. The molecular formula is C13H21IN2O3. The first-order valence-corrected chi connectivity index (χ1v) is 7.74. The molecule has 0 amide bonds. The quantitative estimate of drug-likeness (QED) is 0.797. The summed E-state index contributed by atoms with van der Waals surface area (Å²) in [5.74, 6) is 0. The number of aromatic nitrogens is 2. The van der Waals surface area contributed by atoms with E-state index in [0.29, 0.717) is 13.2 Å². The van der Waals surface area contributed by atoms with Gasteiger partial charge in [-0.15, -0.1) is 0 Å². The van der Waals surface area contributed by atoms with Gasteiger partial charge in [-0.3, -0.25) is 4.68 Å². The molecule has 1 saturated heterocycles. The Morgan fingerprint density at radius 1 is 1.58 bits per heavy atom. The average molecular weight is 380 g/mol. The first kappa shape index (κ1) is 15.2. The summed E-state index contributed by atoms with van der Waals surface area (Å²) in [5, 5.41) is 14.5. The maximum atomic E-state index is 10.1. The molecule has 6 heteroatoms. The molecule has 0 bridgehead atoms. The average Bonchev–Trinajstić information content (AvgIpc) is 2.72. The summed E-state index contributed by atoms with van der Waals surface area (Å²) in [6.07, 6.45) is 3.18. The predicted octanol–water partition coefficient (Wildman–Crippen LogP) is 2.26. The van der Waals surface area contributed by atoms with E-state index >= 15 is 0 Å². The summed E-state index contributed by atoms with van der Waals surface area (Å²) in [6, 6.07) is 1.90. The second-order valence-corrected chi connectivity index (χ2v) is 6.41. The van der Waals surface area contributed by atoms with Crippen LogP contribution in [0.1, 0.15) is 38.8 Å². The van der Waals surface area contributed by atoms with Gasteiger partial charge in [0.25, 0.3) is 0 Å². The molecule has 1 aromatic heterocycles. The van der Waals surface area contributed by atoms with Crippen LogP contribution in [0.15, 0.2) is 6.07 Å². The molecule has 2 heterocycles. The molecule has 0 aliphatic carbocycles. The molecular weight excluding hydrogens is 359 g/mol. The molecule has 2 rings (SSSR count). The molecule has 1 aliphatic heterocycles. The van der Waals surface area contributed by atoms with Gasteiger partial charge in [-0.05, 0) is 61.8 Å². The van der Waals surface area contributed by atoms with E-state index in [1.54, 1.807) is 13.8 Å². The summed E-state index contributed by atoms with van der Waals surface area (Å²) < 4.78 is 13.9. The van der Waals surface area contributed by atoms with E-state index in [9.17, 15) is 5.11 Å². The van der Waals surface area contributed by atoms with E-state index in [1.807, 2.05) is 10.7 Å². The van der Waals surface area contributed by atoms with Gasteiger partial charge in [0.15, 0.2) is 6.29 Å². The fraction of sp³-hybridized carbons (Fsp3) is 0.769. The lowest BCUT2D eigenvalue weighted by molar-refractivity contribution is -0.164. The van der Waals surface area contributed by atoms with Crippen LogP contribution in [0.5, 0.6) is 0 Å². The smallest absolute Gasteiger partial charge is 0.157 e. The van der Waals surface area contributed by atoms with Crippen LogP contribution in [0.3, 0.4) is 0 Å². The molecule has 19 heavy (non-hydrogen) atoms. The third-order valence-corrected chi connectivity index (χ3v) is 3.65. The molecule has 5 nitrogen and oxygen atoms in total. The van der Waals surface area contributed by atoms with Crippen molar-refractivity contribution in [2.24, 2.45) is 0 Å². The van der Waals surface area contributed by atoms with Crippen molar-refractivity contribution >= 4 is 22.6 Å². The van der Waals surface area contributed by atoms with Gasteiger partial charge in [0.05, 0.1) is 18.8 Å². The van der Waals surface area contributed by atoms with Crippen LogP contribution >= 0.6 is 22.6 Å². The maximum Gasteiger partial charge on any atom is 0.157 e. The predicted molar refractivity (Wildman–Crippen MR) is 79.7 cm³/mol. The highest BCUT2D eigenvalue weighted by Gasteiger charge is 2.22. The third-order valence-electron chi connectivity index (χ3n) is 3.12. The van der Waals surface area contributed by atoms with Crippen molar-refractivity contribution in [3.63, 3.8) is 0 Å². The van der Waals surface area contributed by atoms with Crippen molar-refractivity contribution in [3.05, 3.63) is 15.5 Å². The SMILES string of the molecule is CC(C)(O)c1cc(I)nn1CCOC1CCCCO1. The Hall–Kier alpha value is -0.180. The summed E-state index contributed by atoms with van der Waals surface area (Å²) in [5.41, 5.74) is -0.0809. The molecule has 1 N–H and O–H groups in total. The standard InChI is InChI=1S/C13H21IN2O3/c1-13(2,17)10-9-11(14)15-16(10)6-8-19-12-5-3-4-7-18-12/h9,12,17H,3-8H2,1-2H3. The Bertz CT molecular complexity index is 409. The van der Waals surface area contributed by atoms with Crippen LogP contribution in [0.25, 0.3) is 0 Å². The summed E-state index contributed by atoms with van der Waals surface area (Å²) in [7, 11) is 0. The Morgan fingerprint density at radius 2 is 2.37 bits per heavy atom. The largest absolute Gasteiger partial charge is 0.384 e.